The number of nitrogens with zero attached hydrogens (tertiary/aromatic N) is 1. The maximum Gasteiger partial charge on any atom is 0.256 e. The zero-order valence-corrected chi connectivity index (χ0v) is 15.3. The quantitative estimate of drug-likeness (QED) is 0.824. The lowest BCUT2D eigenvalue weighted by molar-refractivity contribution is 0.102. The van der Waals surface area contributed by atoms with Crippen LogP contribution in [0.5, 0.6) is 5.75 Å². The molecule has 1 fully saturated rings. The number of nitrogens with one attached hydrogen (secondary N) is 1. The summed E-state index contributed by atoms with van der Waals surface area (Å²) in [7, 11) is 1.59. The Hall–Kier alpha value is -2.01. The predicted molar refractivity (Wildman–Crippen MR) is 101 cm³/mol. The van der Waals surface area contributed by atoms with Crippen molar-refractivity contribution in [2.75, 3.05) is 30.4 Å². The molecular weight excluding hydrogens is 368 g/mol. The number of carbonyl (C=O) groups excluding carboxylic acids is 1. The summed E-state index contributed by atoms with van der Waals surface area (Å²) in [5.41, 5.74) is 2.52. The van der Waals surface area contributed by atoms with Gasteiger partial charge in [0.05, 0.1) is 12.7 Å². The van der Waals surface area contributed by atoms with E-state index in [9.17, 15) is 4.79 Å². The van der Waals surface area contributed by atoms with Crippen LogP contribution in [0.1, 0.15) is 29.6 Å². The molecule has 1 amide bonds. The number of hydrogen-bond acceptors (Lipinski definition) is 3. The smallest absolute Gasteiger partial charge is 0.256 e. The molecule has 2 aromatic carbocycles. The van der Waals surface area contributed by atoms with Crippen molar-refractivity contribution >= 4 is 33.2 Å². The Morgan fingerprint density at radius 1 is 1.12 bits per heavy atom. The van der Waals surface area contributed by atoms with E-state index in [1.807, 2.05) is 30.3 Å². The number of amides is 1. The third kappa shape index (κ3) is 3.90. The minimum absolute atomic E-state index is 0.156. The number of ether oxygens (including phenoxy) is 1. The second-order valence-corrected chi connectivity index (χ2v) is 6.75. The summed E-state index contributed by atoms with van der Waals surface area (Å²) in [6, 6.07) is 13.4. The van der Waals surface area contributed by atoms with Crippen LogP contribution in [0.2, 0.25) is 0 Å². The molecule has 2 aromatic rings. The van der Waals surface area contributed by atoms with Gasteiger partial charge in [-0.3, -0.25) is 4.79 Å². The molecule has 0 aliphatic carbocycles. The standard InChI is InChI=1S/C19H21BrN2O2/c1-24-16-8-9-18(20)17(13-16)19(23)21-14-6-5-7-15(12-14)22-10-3-2-4-11-22/h5-9,12-13H,2-4,10-11H2,1H3,(H,21,23). The zero-order valence-electron chi connectivity index (χ0n) is 13.7. The van der Waals surface area contributed by atoms with Crippen LogP contribution in [0.15, 0.2) is 46.9 Å². The lowest BCUT2D eigenvalue weighted by Crippen LogP contribution is -2.29. The molecular formula is C19H21BrN2O2. The molecule has 1 aliphatic rings. The summed E-state index contributed by atoms with van der Waals surface area (Å²) in [6.45, 7) is 2.16. The van der Waals surface area contributed by atoms with Crippen LogP contribution in [-0.2, 0) is 0 Å². The van der Waals surface area contributed by atoms with Gasteiger partial charge in [-0.25, -0.2) is 0 Å². The van der Waals surface area contributed by atoms with Gasteiger partial charge in [-0.15, -0.1) is 0 Å². The van der Waals surface area contributed by atoms with Crippen molar-refractivity contribution in [3.63, 3.8) is 0 Å². The zero-order chi connectivity index (χ0) is 16.9. The topological polar surface area (TPSA) is 41.6 Å². The largest absolute Gasteiger partial charge is 0.497 e. The average molecular weight is 389 g/mol. The third-order valence-electron chi connectivity index (χ3n) is 4.24. The van der Waals surface area contributed by atoms with Crippen molar-refractivity contribution in [1.29, 1.82) is 0 Å². The van der Waals surface area contributed by atoms with Gasteiger partial charge in [-0.1, -0.05) is 6.07 Å². The Morgan fingerprint density at radius 2 is 1.92 bits per heavy atom. The van der Waals surface area contributed by atoms with Crippen LogP contribution in [0.3, 0.4) is 0 Å². The second kappa shape index (κ2) is 7.71. The van der Waals surface area contributed by atoms with E-state index < -0.39 is 0 Å². The van der Waals surface area contributed by atoms with E-state index in [4.69, 9.17) is 4.74 Å². The van der Waals surface area contributed by atoms with E-state index in [0.29, 0.717) is 11.3 Å². The highest BCUT2D eigenvalue weighted by molar-refractivity contribution is 9.10. The number of carbonyl (C=O) groups is 1. The van der Waals surface area contributed by atoms with Crippen LogP contribution in [0.25, 0.3) is 0 Å². The van der Waals surface area contributed by atoms with Crippen LogP contribution in [-0.4, -0.2) is 26.1 Å². The molecule has 1 N–H and O–H groups in total. The average Bonchev–Trinajstić information content (AvgIpc) is 2.63. The second-order valence-electron chi connectivity index (χ2n) is 5.90. The van der Waals surface area contributed by atoms with Gasteiger partial charge in [0.1, 0.15) is 5.75 Å². The highest BCUT2D eigenvalue weighted by atomic mass is 79.9. The molecule has 0 unspecified atom stereocenters. The number of anilines is 2. The van der Waals surface area contributed by atoms with E-state index in [2.05, 4.69) is 32.2 Å². The van der Waals surface area contributed by atoms with E-state index in [1.54, 1.807) is 13.2 Å². The highest BCUT2D eigenvalue weighted by Gasteiger charge is 2.14. The van der Waals surface area contributed by atoms with Gasteiger partial charge in [-0.05, 0) is 71.6 Å². The number of rotatable bonds is 4. The van der Waals surface area contributed by atoms with Crippen LogP contribution < -0.4 is 15.0 Å². The number of piperidine rings is 1. The summed E-state index contributed by atoms with van der Waals surface area (Å²) in [4.78, 5) is 15.0. The number of halogens is 1. The van der Waals surface area contributed by atoms with E-state index in [0.717, 1.165) is 28.9 Å². The Bertz CT molecular complexity index is 727. The highest BCUT2D eigenvalue weighted by Crippen LogP contribution is 2.26. The third-order valence-corrected chi connectivity index (χ3v) is 4.93. The first-order chi connectivity index (χ1) is 11.7. The first kappa shape index (κ1) is 16.8. The molecule has 0 saturated carbocycles. The Kier molecular flexibility index (Phi) is 5.41. The lowest BCUT2D eigenvalue weighted by Gasteiger charge is -2.29. The first-order valence-corrected chi connectivity index (χ1v) is 8.96. The molecule has 24 heavy (non-hydrogen) atoms. The van der Waals surface area contributed by atoms with Crippen LogP contribution in [0, 0.1) is 0 Å². The monoisotopic (exact) mass is 388 g/mol. The summed E-state index contributed by atoms with van der Waals surface area (Å²) in [6.07, 6.45) is 3.76. The summed E-state index contributed by atoms with van der Waals surface area (Å²) >= 11 is 3.43. The molecule has 0 spiro atoms. The number of methoxy groups -OCH3 is 1. The Labute approximate surface area is 150 Å². The number of benzene rings is 2. The van der Waals surface area contributed by atoms with Gasteiger partial charge in [0.25, 0.3) is 5.91 Å². The fourth-order valence-corrected chi connectivity index (χ4v) is 3.36. The Balaban J connectivity index is 1.77. The minimum Gasteiger partial charge on any atom is -0.497 e. The van der Waals surface area contributed by atoms with Gasteiger partial charge in [0, 0.05) is 28.9 Å². The Morgan fingerprint density at radius 3 is 2.67 bits per heavy atom. The fraction of sp³-hybridized carbons (Fsp3) is 0.316. The van der Waals surface area contributed by atoms with Crippen LogP contribution >= 0.6 is 15.9 Å². The number of hydrogen-bond donors (Lipinski definition) is 1. The van der Waals surface area contributed by atoms with Crippen molar-refractivity contribution < 1.29 is 9.53 Å². The van der Waals surface area contributed by atoms with Gasteiger partial charge in [-0.2, -0.15) is 0 Å². The molecule has 5 heteroatoms. The van der Waals surface area contributed by atoms with Crippen molar-refractivity contribution in [3.05, 3.63) is 52.5 Å². The molecule has 0 aromatic heterocycles. The van der Waals surface area contributed by atoms with E-state index >= 15 is 0 Å². The summed E-state index contributed by atoms with van der Waals surface area (Å²) in [5, 5.41) is 2.98. The molecule has 0 bridgehead atoms. The predicted octanol–water partition coefficient (Wildman–Crippen LogP) is 4.70. The summed E-state index contributed by atoms with van der Waals surface area (Å²) in [5.74, 6) is 0.502. The van der Waals surface area contributed by atoms with Gasteiger partial charge in [0.15, 0.2) is 0 Å². The van der Waals surface area contributed by atoms with Crippen molar-refractivity contribution in [3.8, 4) is 5.75 Å². The minimum atomic E-state index is -0.156. The summed E-state index contributed by atoms with van der Waals surface area (Å²) < 4.78 is 5.94. The molecule has 0 radical (unpaired) electrons. The first-order valence-electron chi connectivity index (χ1n) is 8.17. The fourth-order valence-electron chi connectivity index (χ4n) is 2.94. The SMILES string of the molecule is COc1ccc(Br)c(C(=O)Nc2cccc(N3CCCCC3)c2)c1. The normalized spacial score (nSPS) is 14.3. The van der Waals surface area contributed by atoms with Crippen molar-refractivity contribution in [2.24, 2.45) is 0 Å². The maximum atomic E-state index is 12.6. The molecule has 4 nitrogen and oxygen atoms in total. The van der Waals surface area contributed by atoms with E-state index in [1.165, 1.54) is 19.3 Å². The molecule has 1 heterocycles. The van der Waals surface area contributed by atoms with E-state index in [-0.39, 0.29) is 5.91 Å². The molecule has 126 valence electrons. The maximum absolute atomic E-state index is 12.6. The van der Waals surface area contributed by atoms with Crippen molar-refractivity contribution in [2.45, 2.75) is 19.3 Å². The molecule has 1 saturated heterocycles. The molecule has 0 atom stereocenters. The molecule has 1 aliphatic heterocycles. The van der Waals surface area contributed by atoms with Crippen LogP contribution in [0.4, 0.5) is 11.4 Å². The van der Waals surface area contributed by atoms with Gasteiger partial charge >= 0.3 is 0 Å². The van der Waals surface area contributed by atoms with Gasteiger partial charge < -0.3 is 15.0 Å². The lowest BCUT2D eigenvalue weighted by atomic mass is 10.1. The van der Waals surface area contributed by atoms with Crippen molar-refractivity contribution in [1.82, 2.24) is 0 Å². The van der Waals surface area contributed by atoms with Gasteiger partial charge in [0.2, 0.25) is 0 Å². The molecule has 3 rings (SSSR count).